The first-order chi connectivity index (χ1) is 11.0. The average molecular weight is 330 g/mol. The van der Waals surface area contributed by atoms with E-state index in [1.807, 2.05) is 12.1 Å². The van der Waals surface area contributed by atoms with Gasteiger partial charge in [-0.3, -0.25) is 4.79 Å². The summed E-state index contributed by atoms with van der Waals surface area (Å²) in [7, 11) is 0. The lowest BCUT2D eigenvalue weighted by Gasteiger charge is -2.25. The molecule has 118 valence electrons. The fourth-order valence-corrected chi connectivity index (χ4v) is 2.82. The number of benzene rings is 2. The fraction of sp³-hybridized carbons (Fsp3) is 0.222. The number of amides is 1. The van der Waals surface area contributed by atoms with Crippen molar-refractivity contribution in [2.24, 2.45) is 0 Å². The number of rotatable bonds is 4. The van der Waals surface area contributed by atoms with Gasteiger partial charge < -0.3 is 10.4 Å². The summed E-state index contributed by atoms with van der Waals surface area (Å²) in [5.41, 5.74) is 1.94. The predicted octanol–water partition coefficient (Wildman–Crippen LogP) is 4.56. The molecule has 1 aliphatic carbocycles. The molecule has 0 saturated heterocycles. The van der Waals surface area contributed by atoms with Crippen molar-refractivity contribution in [1.82, 2.24) is 0 Å². The van der Waals surface area contributed by atoms with Gasteiger partial charge >= 0.3 is 5.97 Å². The Labute approximate surface area is 139 Å². The van der Waals surface area contributed by atoms with Crippen LogP contribution in [0.25, 0.3) is 0 Å². The van der Waals surface area contributed by atoms with Crippen LogP contribution in [-0.2, 0) is 0 Å². The zero-order valence-corrected chi connectivity index (χ0v) is 13.1. The minimum absolute atomic E-state index is 0.00818. The van der Waals surface area contributed by atoms with Crippen molar-refractivity contribution in [3.8, 4) is 0 Å². The largest absolute Gasteiger partial charge is 0.478 e. The lowest BCUT2D eigenvalue weighted by molar-refractivity contribution is 0.0698. The van der Waals surface area contributed by atoms with Crippen LogP contribution in [0, 0.1) is 0 Å². The maximum Gasteiger partial charge on any atom is 0.337 e. The SMILES string of the molecule is O=C(Nc1cc(Cl)ccc1C(=O)O)c1ccc(C2CCC2)cc1. The summed E-state index contributed by atoms with van der Waals surface area (Å²) < 4.78 is 0. The van der Waals surface area contributed by atoms with Crippen LogP contribution in [-0.4, -0.2) is 17.0 Å². The van der Waals surface area contributed by atoms with Gasteiger partial charge in [-0.15, -0.1) is 0 Å². The third kappa shape index (κ3) is 3.37. The van der Waals surface area contributed by atoms with Crippen LogP contribution in [0.4, 0.5) is 5.69 Å². The van der Waals surface area contributed by atoms with E-state index >= 15 is 0 Å². The summed E-state index contributed by atoms with van der Waals surface area (Å²) in [6.45, 7) is 0. The molecule has 0 atom stereocenters. The molecule has 2 N–H and O–H groups in total. The molecule has 0 radical (unpaired) electrons. The number of hydrogen-bond acceptors (Lipinski definition) is 2. The number of nitrogens with one attached hydrogen (secondary N) is 1. The molecule has 0 aromatic heterocycles. The summed E-state index contributed by atoms with van der Waals surface area (Å²) >= 11 is 5.88. The van der Waals surface area contributed by atoms with Gasteiger partial charge in [-0.25, -0.2) is 4.79 Å². The molecular weight excluding hydrogens is 314 g/mol. The van der Waals surface area contributed by atoms with E-state index in [2.05, 4.69) is 5.32 Å². The maximum absolute atomic E-state index is 12.3. The monoisotopic (exact) mass is 329 g/mol. The first kappa shape index (κ1) is 15.6. The smallest absolute Gasteiger partial charge is 0.337 e. The molecule has 2 aromatic rings. The van der Waals surface area contributed by atoms with Crippen LogP contribution < -0.4 is 5.32 Å². The summed E-state index contributed by atoms with van der Waals surface area (Å²) in [4.78, 5) is 23.5. The molecule has 1 fully saturated rings. The van der Waals surface area contributed by atoms with Gasteiger partial charge in [0.05, 0.1) is 11.3 Å². The van der Waals surface area contributed by atoms with E-state index in [0.717, 1.165) is 0 Å². The molecule has 0 spiro atoms. The van der Waals surface area contributed by atoms with Crippen molar-refractivity contribution in [1.29, 1.82) is 0 Å². The number of carbonyl (C=O) groups excluding carboxylic acids is 1. The number of carboxylic acids is 1. The van der Waals surface area contributed by atoms with E-state index in [1.54, 1.807) is 12.1 Å². The Bertz CT molecular complexity index is 751. The summed E-state index contributed by atoms with van der Waals surface area (Å²) in [6, 6.07) is 11.8. The second-order valence-corrected chi connectivity index (χ2v) is 6.14. The maximum atomic E-state index is 12.3. The van der Waals surface area contributed by atoms with Gasteiger partial charge in [-0.05, 0) is 54.7 Å². The molecule has 4 nitrogen and oxygen atoms in total. The van der Waals surface area contributed by atoms with Gasteiger partial charge in [0, 0.05) is 10.6 Å². The average Bonchev–Trinajstić information content (AvgIpc) is 2.46. The Morgan fingerprint density at radius 1 is 1.09 bits per heavy atom. The summed E-state index contributed by atoms with van der Waals surface area (Å²) in [6.07, 6.45) is 3.67. The number of halogens is 1. The van der Waals surface area contributed by atoms with Gasteiger partial charge in [-0.2, -0.15) is 0 Å². The summed E-state index contributed by atoms with van der Waals surface area (Å²) in [5, 5.41) is 12.2. The Kier molecular flexibility index (Phi) is 4.35. The molecule has 23 heavy (non-hydrogen) atoms. The molecule has 2 aromatic carbocycles. The normalized spacial score (nSPS) is 14.1. The van der Waals surface area contributed by atoms with Crippen LogP contribution in [0.3, 0.4) is 0 Å². The topological polar surface area (TPSA) is 66.4 Å². The van der Waals surface area contributed by atoms with Crippen molar-refractivity contribution < 1.29 is 14.7 Å². The molecule has 1 aliphatic rings. The highest BCUT2D eigenvalue weighted by molar-refractivity contribution is 6.31. The van der Waals surface area contributed by atoms with Gasteiger partial charge in [0.1, 0.15) is 0 Å². The van der Waals surface area contributed by atoms with Crippen molar-refractivity contribution in [3.63, 3.8) is 0 Å². The molecule has 3 rings (SSSR count). The van der Waals surface area contributed by atoms with Crippen LogP contribution in [0.15, 0.2) is 42.5 Å². The van der Waals surface area contributed by atoms with Gasteiger partial charge in [0.15, 0.2) is 0 Å². The summed E-state index contributed by atoms with van der Waals surface area (Å²) in [5.74, 6) is -0.856. The first-order valence-electron chi connectivity index (χ1n) is 7.49. The Morgan fingerprint density at radius 2 is 1.78 bits per heavy atom. The van der Waals surface area contributed by atoms with E-state index < -0.39 is 5.97 Å². The van der Waals surface area contributed by atoms with E-state index in [9.17, 15) is 14.7 Å². The minimum atomic E-state index is -1.11. The third-order valence-electron chi connectivity index (χ3n) is 4.21. The van der Waals surface area contributed by atoms with E-state index in [4.69, 9.17) is 11.6 Å². The quantitative estimate of drug-likeness (QED) is 0.864. The number of carbonyl (C=O) groups is 2. The fourth-order valence-electron chi connectivity index (χ4n) is 2.65. The van der Waals surface area contributed by atoms with E-state index in [-0.39, 0.29) is 17.2 Å². The zero-order valence-electron chi connectivity index (χ0n) is 12.4. The third-order valence-corrected chi connectivity index (χ3v) is 4.44. The van der Waals surface area contributed by atoms with Crippen LogP contribution in [0.1, 0.15) is 51.5 Å². The Balaban J connectivity index is 1.78. The second-order valence-electron chi connectivity index (χ2n) is 5.70. The minimum Gasteiger partial charge on any atom is -0.478 e. The van der Waals surface area contributed by atoms with Crippen LogP contribution >= 0.6 is 11.6 Å². The Hall–Kier alpha value is -2.33. The highest BCUT2D eigenvalue weighted by Crippen LogP contribution is 2.36. The molecule has 5 heteroatoms. The molecular formula is C18H16ClNO3. The van der Waals surface area contributed by atoms with Crippen molar-refractivity contribution in [2.75, 3.05) is 5.32 Å². The molecule has 0 aliphatic heterocycles. The van der Waals surface area contributed by atoms with Crippen LogP contribution in [0.2, 0.25) is 5.02 Å². The number of anilines is 1. The lowest BCUT2D eigenvalue weighted by Crippen LogP contribution is -2.15. The van der Waals surface area contributed by atoms with Gasteiger partial charge in [0.25, 0.3) is 5.91 Å². The first-order valence-corrected chi connectivity index (χ1v) is 7.86. The second kappa shape index (κ2) is 6.42. The van der Waals surface area contributed by atoms with Crippen molar-refractivity contribution >= 4 is 29.2 Å². The predicted molar refractivity (Wildman–Crippen MR) is 89.4 cm³/mol. The number of carboxylic acid groups (broad SMARTS) is 1. The molecule has 1 saturated carbocycles. The van der Waals surface area contributed by atoms with Gasteiger partial charge in [-0.1, -0.05) is 30.2 Å². The van der Waals surface area contributed by atoms with Crippen molar-refractivity contribution in [3.05, 3.63) is 64.2 Å². The lowest BCUT2D eigenvalue weighted by atomic mass is 9.80. The van der Waals surface area contributed by atoms with Crippen molar-refractivity contribution in [2.45, 2.75) is 25.2 Å². The number of aromatic carboxylic acids is 1. The zero-order chi connectivity index (χ0) is 16.4. The molecule has 0 unspecified atom stereocenters. The standard InChI is InChI=1S/C18H16ClNO3/c19-14-8-9-15(18(22)23)16(10-14)20-17(21)13-6-4-12(5-7-13)11-2-1-3-11/h4-11H,1-3H2,(H,20,21)(H,22,23). The van der Waals surface area contributed by atoms with E-state index in [0.29, 0.717) is 16.5 Å². The van der Waals surface area contributed by atoms with Crippen LogP contribution in [0.5, 0.6) is 0 Å². The molecule has 0 bridgehead atoms. The number of hydrogen-bond donors (Lipinski definition) is 2. The van der Waals surface area contributed by atoms with Gasteiger partial charge in [0.2, 0.25) is 0 Å². The molecule has 0 heterocycles. The molecule has 1 amide bonds. The highest BCUT2D eigenvalue weighted by atomic mass is 35.5. The van der Waals surface area contributed by atoms with E-state index in [1.165, 1.54) is 43.0 Å². The highest BCUT2D eigenvalue weighted by Gasteiger charge is 2.20. The Morgan fingerprint density at radius 3 is 2.35 bits per heavy atom.